The Balaban J connectivity index is 0.000000956. The Bertz CT molecular complexity index is 560. The van der Waals surface area contributed by atoms with Gasteiger partial charge in [-0.1, -0.05) is 79.6 Å². The summed E-state index contributed by atoms with van der Waals surface area (Å²) in [4.78, 5) is 11.9. The van der Waals surface area contributed by atoms with Gasteiger partial charge in [-0.15, -0.1) is 0 Å². The predicted molar refractivity (Wildman–Crippen MR) is 87.1 cm³/mol. The average Bonchev–Trinajstić information content (AvgIpc) is 2.49. The minimum atomic E-state index is 0.0376. The van der Waals surface area contributed by atoms with Crippen LogP contribution in [0, 0.1) is 13.8 Å². The fraction of sp³-hybridized carbons (Fsp3) is 0.211. The second-order valence-corrected chi connectivity index (χ2v) is 4.47. The summed E-state index contributed by atoms with van der Waals surface area (Å²) < 4.78 is 0. The molecule has 0 spiro atoms. The molecule has 0 unspecified atom stereocenters. The summed E-state index contributed by atoms with van der Waals surface area (Å²) in [5.74, 6) is 0.0376. The van der Waals surface area contributed by atoms with Gasteiger partial charge >= 0.3 is 0 Å². The van der Waals surface area contributed by atoms with E-state index in [0.29, 0.717) is 0 Å². The molecule has 0 bridgehead atoms. The Morgan fingerprint density at radius 2 is 1.25 bits per heavy atom. The van der Waals surface area contributed by atoms with Crippen LogP contribution in [0.25, 0.3) is 6.08 Å². The molecule has 0 heterocycles. The molecule has 1 nitrogen and oxygen atoms in total. The van der Waals surface area contributed by atoms with Crippen LogP contribution in [0.5, 0.6) is 0 Å². The number of hydrogen-bond donors (Lipinski definition) is 0. The van der Waals surface area contributed by atoms with Crippen molar-refractivity contribution < 1.29 is 4.79 Å². The van der Waals surface area contributed by atoms with Crippen LogP contribution in [0.4, 0.5) is 0 Å². The number of allylic oxidation sites excluding steroid dienone is 1. The zero-order valence-electron chi connectivity index (χ0n) is 12.7. The van der Waals surface area contributed by atoms with Crippen molar-refractivity contribution in [2.45, 2.75) is 27.7 Å². The first kappa shape index (κ1) is 15.9. The van der Waals surface area contributed by atoms with Gasteiger partial charge in [0.15, 0.2) is 5.78 Å². The highest BCUT2D eigenvalue weighted by Crippen LogP contribution is 2.08. The van der Waals surface area contributed by atoms with Crippen molar-refractivity contribution in [1.82, 2.24) is 0 Å². The van der Waals surface area contributed by atoms with E-state index in [-0.39, 0.29) is 5.78 Å². The van der Waals surface area contributed by atoms with Gasteiger partial charge in [0.1, 0.15) is 0 Å². The lowest BCUT2D eigenvalue weighted by Crippen LogP contribution is -1.93. The number of rotatable bonds is 3. The molecule has 2 aromatic rings. The molecule has 2 rings (SSSR count). The van der Waals surface area contributed by atoms with E-state index in [1.165, 1.54) is 5.56 Å². The molecule has 0 N–H and O–H groups in total. The van der Waals surface area contributed by atoms with Crippen LogP contribution < -0.4 is 0 Å². The molecule has 104 valence electrons. The maximum absolute atomic E-state index is 11.9. The third-order valence-corrected chi connectivity index (χ3v) is 2.84. The van der Waals surface area contributed by atoms with Gasteiger partial charge in [-0.25, -0.2) is 0 Å². The van der Waals surface area contributed by atoms with E-state index in [1.807, 2.05) is 82.3 Å². The highest BCUT2D eigenvalue weighted by molar-refractivity contribution is 6.06. The Labute approximate surface area is 122 Å². The lowest BCUT2D eigenvalue weighted by atomic mass is 10.1. The topological polar surface area (TPSA) is 17.1 Å². The number of aryl methyl sites for hydroxylation is 2. The Morgan fingerprint density at radius 1 is 0.800 bits per heavy atom. The van der Waals surface area contributed by atoms with Crippen LogP contribution in [0.2, 0.25) is 0 Å². The fourth-order valence-corrected chi connectivity index (χ4v) is 1.66. The smallest absolute Gasteiger partial charge is 0.185 e. The molecule has 0 fully saturated rings. The minimum absolute atomic E-state index is 0.0376. The maximum atomic E-state index is 11.9. The molecular weight excluding hydrogens is 244 g/mol. The Kier molecular flexibility index (Phi) is 6.45. The van der Waals surface area contributed by atoms with E-state index in [2.05, 4.69) is 0 Å². The Morgan fingerprint density at radius 3 is 1.75 bits per heavy atom. The molecule has 0 radical (unpaired) electrons. The lowest BCUT2D eigenvalue weighted by molar-refractivity contribution is 0.104. The highest BCUT2D eigenvalue weighted by Gasteiger charge is 2.00. The van der Waals surface area contributed by atoms with E-state index in [4.69, 9.17) is 0 Å². The SMILES string of the molecule is CC.Cc1ccc(/C=C/C(=O)c2ccc(C)cc2)cc1. The van der Waals surface area contributed by atoms with Crippen LogP contribution >= 0.6 is 0 Å². The number of carbonyl (C=O) groups is 1. The zero-order chi connectivity index (χ0) is 15.0. The zero-order valence-corrected chi connectivity index (χ0v) is 12.7. The summed E-state index contributed by atoms with van der Waals surface area (Å²) >= 11 is 0. The van der Waals surface area contributed by atoms with Crippen molar-refractivity contribution in [3.63, 3.8) is 0 Å². The molecule has 1 heteroatoms. The highest BCUT2D eigenvalue weighted by atomic mass is 16.1. The summed E-state index contributed by atoms with van der Waals surface area (Å²) in [6.45, 7) is 8.06. The maximum Gasteiger partial charge on any atom is 0.185 e. The van der Waals surface area contributed by atoms with E-state index in [1.54, 1.807) is 6.08 Å². The molecular formula is C19H22O. The second-order valence-electron chi connectivity index (χ2n) is 4.47. The van der Waals surface area contributed by atoms with Gasteiger partial charge in [0.2, 0.25) is 0 Å². The van der Waals surface area contributed by atoms with Crippen molar-refractivity contribution in [2.75, 3.05) is 0 Å². The van der Waals surface area contributed by atoms with Gasteiger partial charge in [-0.2, -0.15) is 0 Å². The van der Waals surface area contributed by atoms with E-state index < -0.39 is 0 Å². The van der Waals surface area contributed by atoms with Crippen molar-refractivity contribution in [1.29, 1.82) is 0 Å². The third-order valence-electron chi connectivity index (χ3n) is 2.84. The summed E-state index contributed by atoms with van der Waals surface area (Å²) in [6, 6.07) is 15.7. The number of benzene rings is 2. The lowest BCUT2D eigenvalue weighted by Gasteiger charge is -1.97. The van der Waals surface area contributed by atoms with Crippen molar-refractivity contribution in [3.05, 3.63) is 76.9 Å². The van der Waals surface area contributed by atoms with Crippen LogP contribution in [0.3, 0.4) is 0 Å². The van der Waals surface area contributed by atoms with Gasteiger partial charge in [-0.3, -0.25) is 4.79 Å². The first-order chi connectivity index (χ1) is 9.65. The van der Waals surface area contributed by atoms with Gasteiger partial charge in [0.05, 0.1) is 0 Å². The summed E-state index contributed by atoms with van der Waals surface area (Å²) in [5.41, 5.74) is 4.15. The third kappa shape index (κ3) is 4.85. The van der Waals surface area contributed by atoms with Crippen molar-refractivity contribution in [2.24, 2.45) is 0 Å². The second kappa shape index (κ2) is 8.11. The minimum Gasteiger partial charge on any atom is -0.289 e. The molecule has 0 aliphatic carbocycles. The predicted octanol–water partition coefficient (Wildman–Crippen LogP) is 5.23. The summed E-state index contributed by atoms with van der Waals surface area (Å²) in [6.07, 6.45) is 3.47. The molecule has 0 atom stereocenters. The fourth-order valence-electron chi connectivity index (χ4n) is 1.66. The van der Waals surface area contributed by atoms with E-state index in [0.717, 1.165) is 16.7 Å². The number of ketones is 1. The van der Waals surface area contributed by atoms with E-state index in [9.17, 15) is 4.79 Å². The molecule has 0 aliphatic heterocycles. The molecule has 0 saturated heterocycles. The number of hydrogen-bond acceptors (Lipinski definition) is 1. The van der Waals surface area contributed by atoms with Gasteiger partial charge in [0.25, 0.3) is 0 Å². The molecule has 2 aromatic carbocycles. The van der Waals surface area contributed by atoms with E-state index >= 15 is 0 Å². The molecule has 20 heavy (non-hydrogen) atoms. The van der Waals surface area contributed by atoms with Crippen LogP contribution in [0.15, 0.2) is 54.6 Å². The number of carbonyl (C=O) groups excluding carboxylic acids is 1. The normalized spacial score (nSPS) is 10.0. The molecule has 0 aromatic heterocycles. The van der Waals surface area contributed by atoms with Crippen LogP contribution in [-0.2, 0) is 0 Å². The first-order valence-electron chi connectivity index (χ1n) is 7.01. The van der Waals surface area contributed by atoms with Crippen LogP contribution in [-0.4, -0.2) is 5.78 Å². The average molecular weight is 266 g/mol. The summed E-state index contributed by atoms with van der Waals surface area (Å²) in [5, 5.41) is 0. The van der Waals surface area contributed by atoms with Crippen LogP contribution in [0.1, 0.15) is 40.9 Å². The first-order valence-corrected chi connectivity index (χ1v) is 7.01. The van der Waals surface area contributed by atoms with Crippen molar-refractivity contribution in [3.8, 4) is 0 Å². The quantitative estimate of drug-likeness (QED) is 0.549. The largest absolute Gasteiger partial charge is 0.289 e. The molecule has 0 saturated carbocycles. The van der Waals surface area contributed by atoms with Gasteiger partial charge < -0.3 is 0 Å². The standard InChI is InChI=1S/C17H16O.C2H6/c1-13-3-7-15(8-4-13)9-12-17(18)16-10-5-14(2)6-11-16;1-2/h3-12H,1-2H3;1-2H3/b12-9+;. The van der Waals surface area contributed by atoms with Crippen molar-refractivity contribution >= 4 is 11.9 Å². The monoisotopic (exact) mass is 266 g/mol. The summed E-state index contributed by atoms with van der Waals surface area (Å²) in [7, 11) is 0. The van der Waals surface area contributed by atoms with Gasteiger partial charge in [-0.05, 0) is 25.5 Å². The Hall–Kier alpha value is -2.15. The molecule has 0 amide bonds. The molecule has 0 aliphatic rings. The van der Waals surface area contributed by atoms with Gasteiger partial charge in [0, 0.05) is 5.56 Å².